The number of fused-ring (bicyclic) bond motifs is 1. The minimum absolute atomic E-state index is 0.312. The molecular formula is C15H12BrN5O. The predicted octanol–water partition coefficient (Wildman–Crippen LogP) is 2.56. The van der Waals surface area contributed by atoms with Crippen LogP contribution in [0.2, 0.25) is 0 Å². The van der Waals surface area contributed by atoms with Gasteiger partial charge in [0.2, 0.25) is 0 Å². The topological polar surface area (TPSA) is 71.7 Å². The zero-order valence-electron chi connectivity index (χ0n) is 11.7. The van der Waals surface area contributed by atoms with Crippen LogP contribution in [0, 0.1) is 6.92 Å². The Morgan fingerprint density at radius 1 is 1.32 bits per heavy atom. The summed E-state index contributed by atoms with van der Waals surface area (Å²) < 4.78 is 2.60. The number of hydrogen-bond acceptors (Lipinski definition) is 4. The molecule has 0 unspecified atom stereocenters. The second kappa shape index (κ2) is 6.07. The van der Waals surface area contributed by atoms with Crippen LogP contribution in [-0.2, 0) is 0 Å². The van der Waals surface area contributed by atoms with E-state index in [1.165, 1.54) is 0 Å². The monoisotopic (exact) mass is 357 g/mol. The van der Waals surface area contributed by atoms with E-state index >= 15 is 0 Å². The smallest absolute Gasteiger partial charge is 0.290 e. The highest BCUT2D eigenvalue weighted by atomic mass is 79.9. The summed E-state index contributed by atoms with van der Waals surface area (Å²) >= 11 is 3.39. The third-order valence-electron chi connectivity index (χ3n) is 3.06. The van der Waals surface area contributed by atoms with Crippen molar-refractivity contribution in [1.82, 2.24) is 19.8 Å². The number of rotatable bonds is 3. The van der Waals surface area contributed by atoms with Crippen LogP contribution in [0.1, 0.15) is 21.7 Å². The normalized spacial score (nSPS) is 11.2. The quantitative estimate of drug-likeness (QED) is 0.578. The van der Waals surface area contributed by atoms with Crippen molar-refractivity contribution in [2.45, 2.75) is 6.92 Å². The fraction of sp³-hybridized carbons (Fsp3) is 0.0667. The summed E-state index contributed by atoms with van der Waals surface area (Å²) in [5.74, 6) is -0.312. The van der Waals surface area contributed by atoms with Crippen LogP contribution in [0.15, 0.2) is 52.4 Å². The first-order valence-electron chi connectivity index (χ1n) is 6.53. The highest BCUT2D eigenvalue weighted by Gasteiger charge is 2.16. The Hall–Kier alpha value is -2.54. The van der Waals surface area contributed by atoms with E-state index in [1.54, 1.807) is 48.3 Å². The SMILES string of the molecule is Cc1nc2ccc(Br)cn2c1C(=O)N/N=C/c1ccncc1. The van der Waals surface area contributed by atoms with Gasteiger partial charge in [-0.05, 0) is 52.7 Å². The highest BCUT2D eigenvalue weighted by Crippen LogP contribution is 2.16. The van der Waals surface area contributed by atoms with Crippen LogP contribution in [0.3, 0.4) is 0 Å². The highest BCUT2D eigenvalue weighted by molar-refractivity contribution is 9.10. The van der Waals surface area contributed by atoms with Gasteiger partial charge in [-0.1, -0.05) is 0 Å². The first-order chi connectivity index (χ1) is 10.6. The first kappa shape index (κ1) is 14.4. The third-order valence-corrected chi connectivity index (χ3v) is 3.53. The molecular weight excluding hydrogens is 346 g/mol. The van der Waals surface area contributed by atoms with Crippen molar-refractivity contribution in [1.29, 1.82) is 0 Å². The standard InChI is InChI=1S/C15H12BrN5O/c1-10-14(21-9-12(16)2-3-13(21)19-10)15(22)20-18-8-11-4-6-17-7-5-11/h2-9H,1H3,(H,20,22)/b18-8+. The summed E-state index contributed by atoms with van der Waals surface area (Å²) in [4.78, 5) is 20.6. The summed E-state index contributed by atoms with van der Waals surface area (Å²) in [6, 6.07) is 7.32. The molecule has 22 heavy (non-hydrogen) atoms. The maximum absolute atomic E-state index is 12.3. The number of nitrogens with one attached hydrogen (secondary N) is 1. The van der Waals surface area contributed by atoms with E-state index in [4.69, 9.17) is 0 Å². The molecule has 0 saturated carbocycles. The summed E-state index contributed by atoms with van der Waals surface area (Å²) in [6.07, 6.45) is 6.69. The van der Waals surface area contributed by atoms with Gasteiger partial charge in [0.05, 0.1) is 11.9 Å². The fourth-order valence-electron chi connectivity index (χ4n) is 2.08. The van der Waals surface area contributed by atoms with Crippen molar-refractivity contribution in [2.75, 3.05) is 0 Å². The van der Waals surface area contributed by atoms with Crippen LogP contribution < -0.4 is 5.43 Å². The molecule has 0 aliphatic rings. The van der Waals surface area contributed by atoms with Crippen molar-refractivity contribution >= 4 is 33.7 Å². The Balaban J connectivity index is 1.85. The molecule has 3 aromatic heterocycles. The summed E-state index contributed by atoms with van der Waals surface area (Å²) in [5, 5.41) is 3.96. The number of imidazole rings is 1. The lowest BCUT2D eigenvalue weighted by Crippen LogP contribution is -2.20. The molecule has 3 rings (SSSR count). The maximum Gasteiger partial charge on any atom is 0.290 e. The van der Waals surface area contributed by atoms with Gasteiger partial charge in [-0.15, -0.1) is 0 Å². The lowest BCUT2D eigenvalue weighted by molar-refractivity contribution is 0.0948. The number of hydrogen-bond donors (Lipinski definition) is 1. The van der Waals surface area contributed by atoms with Crippen LogP contribution in [-0.4, -0.2) is 26.5 Å². The van der Waals surface area contributed by atoms with Gasteiger partial charge in [0, 0.05) is 23.1 Å². The van der Waals surface area contributed by atoms with Crippen molar-refractivity contribution in [2.24, 2.45) is 5.10 Å². The number of aryl methyl sites for hydroxylation is 1. The second-order valence-electron chi connectivity index (χ2n) is 4.60. The molecule has 0 aromatic carbocycles. The van der Waals surface area contributed by atoms with E-state index in [0.29, 0.717) is 17.0 Å². The van der Waals surface area contributed by atoms with Gasteiger partial charge in [0.1, 0.15) is 11.3 Å². The number of nitrogens with zero attached hydrogens (tertiary/aromatic N) is 4. The van der Waals surface area contributed by atoms with Gasteiger partial charge in [-0.25, -0.2) is 10.4 Å². The molecule has 0 radical (unpaired) electrons. The van der Waals surface area contributed by atoms with Crippen LogP contribution >= 0.6 is 15.9 Å². The molecule has 1 N–H and O–H groups in total. The molecule has 0 saturated heterocycles. The maximum atomic E-state index is 12.3. The number of hydrazone groups is 1. The Bertz CT molecular complexity index is 857. The zero-order chi connectivity index (χ0) is 15.5. The van der Waals surface area contributed by atoms with Crippen molar-refractivity contribution < 1.29 is 4.79 Å². The van der Waals surface area contributed by atoms with Gasteiger partial charge in [-0.2, -0.15) is 5.10 Å². The van der Waals surface area contributed by atoms with Gasteiger partial charge >= 0.3 is 0 Å². The molecule has 0 aliphatic heterocycles. The number of carbonyl (C=O) groups is 1. The second-order valence-corrected chi connectivity index (χ2v) is 5.52. The Morgan fingerprint density at radius 3 is 2.86 bits per heavy atom. The number of aromatic nitrogens is 3. The van der Waals surface area contributed by atoms with Gasteiger partial charge in [0.25, 0.3) is 5.91 Å². The van der Waals surface area contributed by atoms with E-state index in [0.717, 1.165) is 10.0 Å². The van der Waals surface area contributed by atoms with Crippen LogP contribution in [0.4, 0.5) is 0 Å². The number of halogens is 1. The molecule has 0 aliphatic carbocycles. The number of carbonyl (C=O) groups excluding carboxylic acids is 1. The molecule has 0 spiro atoms. The number of pyridine rings is 2. The summed E-state index contributed by atoms with van der Waals surface area (Å²) in [6.45, 7) is 1.79. The third kappa shape index (κ3) is 2.89. The van der Waals surface area contributed by atoms with Crippen LogP contribution in [0.5, 0.6) is 0 Å². The molecule has 0 fully saturated rings. The van der Waals surface area contributed by atoms with E-state index in [9.17, 15) is 4.79 Å². The minimum Gasteiger partial charge on any atom is -0.294 e. The van der Waals surface area contributed by atoms with Crippen LogP contribution in [0.25, 0.3) is 5.65 Å². The Morgan fingerprint density at radius 2 is 2.09 bits per heavy atom. The number of amides is 1. The predicted molar refractivity (Wildman–Crippen MR) is 86.9 cm³/mol. The van der Waals surface area contributed by atoms with E-state index in [-0.39, 0.29) is 5.91 Å². The molecule has 3 heterocycles. The molecule has 0 atom stereocenters. The Labute approximate surface area is 135 Å². The van der Waals surface area contributed by atoms with Crippen molar-refractivity contribution in [3.8, 4) is 0 Å². The van der Waals surface area contributed by atoms with Gasteiger partial charge in [-0.3, -0.25) is 14.2 Å². The van der Waals surface area contributed by atoms with Crippen molar-refractivity contribution in [3.63, 3.8) is 0 Å². The van der Waals surface area contributed by atoms with Gasteiger partial charge < -0.3 is 0 Å². The van der Waals surface area contributed by atoms with E-state index < -0.39 is 0 Å². The molecule has 0 bridgehead atoms. The molecule has 3 aromatic rings. The van der Waals surface area contributed by atoms with Crippen molar-refractivity contribution in [3.05, 3.63) is 64.3 Å². The molecule has 7 heteroatoms. The molecule has 6 nitrogen and oxygen atoms in total. The lowest BCUT2D eigenvalue weighted by Gasteiger charge is -2.02. The van der Waals surface area contributed by atoms with Gasteiger partial charge in [0.15, 0.2) is 0 Å². The lowest BCUT2D eigenvalue weighted by atomic mass is 10.3. The summed E-state index contributed by atoms with van der Waals surface area (Å²) in [7, 11) is 0. The van der Waals surface area contributed by atoms with E-state index in [1.807, 2.05) is 12.1 Å². The molecule has 110 valence electrons. The average Bonchev–Trinajstić information content (AvgIpc) is 2.83. The average molecular weight is 358 g/mol. The molecule has 1 amide bonds. The largest absolute Gasteiger partial charge is 0.294 e. The Kier molecular flexibility index (Phi) is 3.97. The van der Waals surface area contributed by atoms with E-state index in [2.05, 4.69) is 36.4 Å². The fourth-order valence-corrected chi connectivity index (χ4v) is 2.41. The summed E-state index contributed by atoms with van der Waals surface area (Å²) in [5.41, 5.74) is 5.20. The first-order valence-corrected chi connectivity index (χ1v) is 7.32. The zero-order valence-corrected chi connectivity index (χ0v) is 13.3. The minimum atomic E-state index is -0.312.